The molecule has 1 aliphatic heterocycles. The van der Waals surface area contributed by atoms with Crippen molar-refractivity contribution in [3.05, 3.63) is 64.8 Å². The lowest BCUT2D eigenvalue weighted by molar-refractivity contribution is -0.141. The van der Waals surface area contributed by atoms with E-state index in [1.54, 1.807) is 25.3 Å². The predicted molar refractivity (Wildman–Crippen MR) is 153 cm³/mol. The van der Waals surface area contributed by atoms with E-state index in [4.69, 9.17) is 16.3 Å². The maximum absolute atomic E-state index is 15.8. The summed E-state index contributed by atoms with van der Waals surface area (Å²) < 4.78 is 21.1. The molecule has 1 atom stereocenters. The third kappa shape index (κ3) is 7.39. The fraction of sp³-hybridized carbons (Fsp3) is 0.467. The molecule has 1 aliphatic rings. The van der Waals surface area contributed by atoms with Crippen LogP contribution in [0.4, 0.5) is 4.39 Å². The second kappa shape index (κ2) is 13.1. The Morgan fingerprint density at radius 3 is 2.66 bits per heavy atom. The largest absolute Gasteiger partial charge is 0.497 e. The van der Waals surface area contributed by atoms with Crippen LogP contribution in [0, 0.1) is 12.3 Å². The molecule has 38 heavy (non-hydrogen) atoms. The Morgan fingerprint density at radius 1 is 1.24 bits per heavy atom. The van der Waals surface area contributed by atoms with Gasteiger partial charge in [-0.3, -0.25) is 9.78 Å². The predicted octanol–water partition coefficient (Wildman–Crippen LogP) is 7.74. The number of methoxy groups -OCH3 is 1. The molecule has 1 unspecified atom stereocenters. The number of hydrogen-bond acceptors (Lipinski definition) is 5. The fourth-order valence-electron chi connectivity index (χ4n) is 5.39. The van der Waals surface area contributed by atoms with E-state index in [-0.39, 0.29) is 17.9 Å². The zero-order chi connectivity index (χ0) is 27.1. The summed E-state index contributed by atoms with van der Waals surface area (Å²) in [7, 11) is 1.57. The van der Waals surface area contributed by atoms with Gasteiger partial charge < -0.3 is 14.7 Å². The number of carbonyl (C=O) groups is 1. The summed E-state index contributed by atoms with van der Waals surface area (Å²) in [4.78, 5) is 19.8. The third-order valence-electron chi connectivity index (χ3n) is 7.66. The normalized spacial score (nSPS) is 16.4. The first-order chi connectivity index (χ1) is 18.3. The van der Waals surface area contributed by atoms with E-state index in [0.29, 0.717) is 28.6 Å². The van der Waals surface area contributed by atoms with Gasteiger partial charge in [0.15, 0.2) is 0 Å². The highest BCUT2D eigenvalue weighted by Gasteiger charge is 2.37. The number of benzene rings is 2. The average Bonchev–Trinajstić information content (AvgIpc) is 2.91. The smallest absolute Gasteiger partial charge is 0.303 e. The minimum atomic E-state index is -1.32. The van der Waals surface area contributed by atoms with Crippen LogP contribution in [0.3, 0.4) is 0 Å². The number of nitrogens with zero attached hydrogens (tertiary/aromatic N) is 2. The Morgan fingerprint density at radius 2 is 1.97 bits per heavy atom. The molecule has 0 amide bonds. The summed E-state index contributed by atoms with van der Waals surface area (Å²) in [6, 6.07) is 13.9. The van der Waals surface area contributed by atoms with E-state index in [1.807, 2.05) is 11.8 Å². The average molecular weight is 559 g/mol. The lowest BCUT2D eigenvalue weighted by atomic mass is 9.71. The van der Waals surface area contributed by atoms with Crippen molar-refractivity contribution in [3.8, 4) is 5.75 Å². The number of ether oxygens (including phenoxy) is 1. The second-order valence-electron chi connectivity index (χ2n) is 10.3. The molecule has 1 aromatic heterocycles. The van der Waals surface area contributed by atoms with Gasteiger partial charge in [-0.1, -0.05) is 29.3 Å². The number of aryl methyl sites for hydroxylation is 1. The molecule has 4 rings (SSSR count). The van der Waals surface area contributed by atoms with Gasteiger partial charge in [0.05, 0.1) is 24.1 Å². The van der Waals surface area contributed by atoms with Gasteiger partial charge in [0, 0.05) is 22.0 Å². The quantitative estimate of drug-likeness (QED) is 0.181. The first-order valence-electron chi connectivity index (χ1n) is 13.2. The standard InChI is InChI=1S/C30H36ClFN2O3S/c1-21-4-7-23(8-5-21)38-17-3-14-34-15-12-30(13-16-34,19-28(35)36)11-10-26(32)29-24-18-22(37-2)6-9-27(24)33-20-25(29)31/h4-9,18,20,26H,3,10-17,19H2,1-2H3,(H,35,36). The summed E-state index contributed by atoms with van der Waals surface area (Å²) in [6.45, 7) is 4.77. The number of carboxylic acid groups (broad SMARTS) is 1. The molecular weight excluding hydrogens is 523 g/mol. The van der Waals surface area contributed by atoms with Crippen LogP contribution in [-0.4, -0.2) is 53.5 Å². The van der Waals surface area contributed by atoms with Crippen LogP contribution in [0.15, 0.2) is 53.6 Å². The SMILES string of the molecule is COc1ccc2ncc(Cl)c(C(F)CCC3(CC(=O)O)CCN(CCCSc4ccc(C)cc4)CC3)c2c1. The number of hydrogen-bond donors (Lipinski definition) is 1. The maximum Gasteiger partial charge on any atom is 0.303 e. The number of rotatable bonds is 12. The molecular formula is C30H36ClFN2O3S. The zero-order valence-electron chi connectivity index (χ0n) is 22.1. The van der Waals surface area contributed by atoms with Crippen molar-refractivity contribution in [2.45, 2.75) is 56.5 Å². The van der Waals surface area contributed by atoms with E-state index in [1.165, 1.54) is 16.7 Å². The summed E-state index contributed by atoms with van der Waals surface area (Å²) in [5, 5.41) is 10.6. The molecule has 0 aliphatic carbocycles. The van der Waals surface area contributed by atoms with Crippen molar-refractivity contribution >= 4 is 40.2 Å². The van der Waals surface area contributed by atoms with Gasteiger partial charge in [0.2, 0.25) is 0 Å². The molecule has 8 heteroatoms. The number of fused-ring (bicyclic) bond motifs is 1. The highest BCUT2D eigenvalue weighted by Crippen LogP contribution is 2.44. The topological polar surface area (TPSA) is 62.7 Å². The highest BCUT2D eigenvalue weighted by molar-refractivity contribution is 7.99. The first kappa shape index (κ1) is 28.7. The van der Waals surface area contributed by atoms with Gasteiger partial charge >= 0.3 is 5.97 Å². The molecule has 0 spiro atoms. The van der Waals surface area contributed by atoms with Gasteiger partial charge in [0.1, 0.15) is 11.9 Å². The Labute approximate surface area is 233 Å². The Balaban J connectivity index is 1.34. The maximum atomic E-state index is 15.8. The van der Waals surface area contributed by atoms with E-state index < -0.39 is 17.6 Å². The van der Waals surface area contributed by atoms with Crippen molar-refractivity contribution < 1.29 is 19.0 Å². The lowest BCUT2D eigenvalue weighted by Gasteiger charge is -2.41. The van der Waals surface area contributed by atoms with Crippen molar-refractivity contribution in [2.24, 2.45) is 5.41 Å². The minimum Gasteiger partial charge on any atom is -0.497 e. The zero-order valence-corrected chi connectivity index (χ0v) is 23.7. The molecule has 1 N–H and O–H groups in total. The number of piperidine rings is 1. The van der Waals surface area contributed by atoms with Gasteiger partial charge in [0.25, 0.3) is 0 Å². The van der Waals surface area contributed by atoms with Crippen molar-refractivity contribution in [2.75, 3.05) is 32.5 Å². The van der Waals surface area contributed by atoms with Crippen LogP contribution in [0.5, 0.6) is 5.75 Å². The molecule has 0 saturated carbocycles. The van der Waals surface area contributed by atoms with Gasteiger partial charge in [-0.2, -0.15) is 0 Å². The van der Waals surface area contributed by atoms with E-state index in [9.17, 15) is 9.90 Å². The summed E-state index contributed by atoms with van der Waals surface area (Å²) in [6.07, 6.45) is 3.55. The fourth-order valence-corrected chi connectivity index (χ4v) is 6.50. The number of pyridine rings is 1. The summed E-state index contributed by atoms with van der Waals surface area (Å²) in [5.74, 6) is 0.844. The summed E-state index contributed by atoms with van der Waals surface area (Å²) in [5.41, 5.74) is 1.92. The highest BCUT2D eigenvalue weighted by atomic mass is 35.5. The number of halogens is 2. The van der Waals surface area contributed by atoms with Crippen molar-refractivity contribution in [1.29, 1.82) is 0 Å². The van der Waals surface area contributed by atoms with Crippen LogP contribution >= 0.6 is 23.4 Å². The van der Waals surface area contributed by atoms with Gasteiger partial charge in [-0.05, 0) is 100 Å². The molecule has 2 aromatic carbocycles. The molecule has 5 nitrogen and oxygen atoms in total. The van der Waals surface area contributed by atoms with E-state index in [2.05, 4.69) is 41.1 Å². The monoisotopic (exact) mass is 558 g/mol. The number of thioether (sulfide) groups is 1. The molecule has 0 radical (unpaired) electrons. The number of aromatic nitrogens is 1. The third-order valence-corrected chi connectivity index (χ3v) is 9.06. The van der Waals surface area contributed by atoms with Crippen LogP contribution in [0.25, 0.3) is 10.9 Å². The van der Waals surface area contributed by atoms with E-state index in [0.717, 1.165) is 44.6 Å². The molecule has 1 saturated heterocycles. The molecule has 0 bridgehead atoms. The van der Waals surface area contributed by atoms with Crippen LogP contribution in [0.2, 0.25) is 5.02 Å². The van der Waals surface area contributed by atoms with E-state index >= 15 is 4.39 Å². The van der Waals surface area contributed by atoms with Crippen molar-refractivity contribution in [1.82, 2.24) is 9.88 Å². The van der Waals surface area contributed by atoms with Crippen LogP contribution in [-0.2, 0) is 4.79 Å². The number of alkyl halides is 1. The first-order valence-corrected chi connectivity index (χ1v) is 14.5. The van der Waals surface area contributed by atoms with Crippen LogP contribution in [0.1, 0.15) is 55.8 Å². The molecule has 3 aromatic rings. The number of aliphatic carboxylic acids is 1. The molecule has 204 valence electrons. The van der Waals surface area contributed by atoms with Crippen molar-refractivity contribution in [3.63, 3.8) is 0 Å². The van der Waals surface area contributed by atoms with Gasteiger partial charge in [-0.25, -0.2) is 4.39 Å². The Hall–Kier alpha value is -2.35. The Kier molecular flexibility index (Phi) is 9.91. The van der Waals surface area contributed by atoms with Gasteiger partial charge in [-0.15, -0.1) is 11.8 Å². The lowest BCUT2D eigenvalue weighted by Crippen LogP contribution is -2.41. The number of likely N-dealkylation sites (tertiary alicyclic amines) is 1. The summed E-state index contributed by atoms with van der Waals surface area (Å²) >= 11 is 8.28. The molecule has 1 fully saturated rings. The second-order valence-corrected chi connectivity index (χ2v) is 11.9. The minimum absolute atomic E-state index is 0.0650. The van der Waals surface area contributed by atoms with Crippen LogP contribution < -0.4 is 4.74 Å². The Bertz CT molecular complexity index is 1230. The number of carboxylic acids is 1. The molecule has 2 heterocycles.